The molecule has 2 saturated heterocycles. The van der Waals surface area contributed by atoms with Crippen molar-refractivity contribution in [2.75, 3.05) is 11.9 Å². The van der Waals surface area contributed by atoms with Crippen molar-refractivity contribution >= 4 is 5.82 Å². The third kappa shape index (κ3) is 3.31. The molecule has 2 aliphatic rings. The number of alkyl halides is 1. The normalized spacial score (nSPS) is 25.4. The Bertz CT molecular complexity index is 1050. The Balaban J connectivity index is 1.36. The van der Waals surface area contributed by atoms with Crippen molar-refractivity contribution in [3.8, 4) is 28.3 Å². The standard InChI is InChI=1S/C22H25FN6O/c1-28-8-7-16(27-28)13-3-5-15(20(30)9-13)18-11-25-21(12-24-18)29(2)19-10-14-4-6-17(26-14)22(19)23/h3,5,7-9,11-12,14,17,19,22,26,30H,4,6,10H2,1-2H3/t14-,17?,19-,22+/m0/s1. The van der Waals surface area contributed by atoms with Gasteiger partial charge in [0.2, 0.25) is 0 Å². The van der Waals surface area contributed by atoms with Crippen LogP contribution < -0.4 is 10.2 Å². The molecule has 1 unspecified atom stereocenters. The number of piperidine rings is 1. The SMILES string of the molecule is CN(c1cnc(-c2ccc(-c3ccn(C)n3)cc2O)cn1)[C@H]1C[C@@H]2CCC(N2)[C@H]1F. The summed E-state index contributed by atoms with van der Waals surface area (Å²) in [6.45, 7) is 0. The maximum Gasteiger partial charge on any atom is 0.147 e. The first kappa shape index (κ1) is 19.0. The van der Waals surface area contributed by atoms with E-state index in [9.17, 15) is 9.50 Å². The first-order valence-electron chi connectivity index (χ1n) is 10.3. The Kier molecular flexibility index (Phi) is 4.66. The molecule has 3 aromatic rings. The number of fused-ring (bicyclic) bond motifs is 2. The van der Waals surface area contributed by atoms with E-state index in [0.29, 0.717) is 23.1 Å². The number of hydrogen-bond donors (Lipinski definition) is 2. The first-order valence-corrected chi connectivity index (χ1v) is 10.3. The van der Waals surface area contributed by atoms with Gasteiger partial charge in [0.05, 0.1) is 29.8 Å². The van der Waals surface area contributed by atoms with Crippen LogP contribution in [0, 0.1) is 0 Å². The molecular formula is C22H25FN6O. The number of phenols is 1. The number of benzene rings is 1. The van der Waals surface area contributed by atoms with Gasteiger partial charge in [-0.2, -0.15) is 5.10 Å². The zero-order chi connectivity index (χ0) is 20.8. The Hall–Kier alpha value is -3.00. The predicted octanol–water partition coefficient (Wildman–Crippen LogP) is 2.92. The van der Waals surface area contributed by atoms with Crippen LogP contribution in [0.3, 0.4) is 0 Å². The van der Waals surface area contributed by atoms with E-state index in [0.717, 1.165) is 30.5 Å². The summed E-state index contributed by atoms with van der Waals surface area (Å²) in [6.07, 6.45) is 6.92. The molecule has 0 saturated carbocycles. The van der Waals surface area contributed by atoms with Crippen molar-refractivity contribution in [3.63, 3.8) is 0 Å². The van der Waals surface area contributed by atoms with Crippen LogP contribution >= 0.6 is 0 Å². The zero-order valence-corrected chi connectivity index (χ0v) is 17.0. The third-order valence-electron chi connectivity index (χ3n) is 6.33. The van der Waals surface area contributed by atoms with E-state index >= 15 is 0 Å². The number of halogens is 1. The molecule has 1 aromatic carbocycles. The molecule has 2 fully saturated rings. The topological polar surface area (TPSA) is 79.1 Å². The van der Waals surface area contributed by atoms with Crippen LogP contribution in [0.5, 0.6) is 5.75 Å². The molecule has 30 heavy (non-hydrogen) atoms. The average Bonchev–Trinajstić information content (AvgIpc) is 3.37. The lowest BCUT2D eigenvalue weighted by Crippen LogP contribution is -2.55. The van der Waals surface area contributed by atoms with Gasteiger partial charge in [-0.05, 0) is 37.5 Å². The van der Waals surface area contributed by atoms with Gasteiger partial charge in [-0.15, -0.1) is 0 Å². The Morgan fingerprint density at radius 2 is 2.03 bits per heavy atom. The molecule has 0 spiro atoms. The van der Waals surface area contributed by atoms with Crippen molar-refractivity contribution in [3.05, 3.63) is 42.9 Å². The number of aromatic nitrogens is 4. The molecule has 8 heteroatoms. The van der Waals surface area contributed by atoms with Gasteiger partial charge in [0.15, 0.2) is 0 Å². The Labute approximate surface area is 174 Å². The minimum absolute atomic E-state index is 0.0574. The molecule has 4 atom stereocenters. The first-order chi connectivity index (χ1) is 14.5. The monoisotopic (exact) mass is 408 g/mol. The summed E-state index contributed by atoms with van der Waals surface area (Å²) in [4.78, 5) is 10.9. The second-order valence-corrected chi connectivity index (χ2v) is 8.27. The summed E-state index contributed by atoms with van der Waals surface area (Å²) >= 11 is 0. The van der Waals surface area contributed by atoms with Crippen LogP contribution in [0.2, 0.25) is 0 Å². The second-order valence-electron chi connectivity index (χ2n) is 8.27. The number of nitrogens with zero attached hydrogens (tertiary/aromatic N) is 5. The molecule has 0 aliphatic carbocycles. The average molecular weight is 408 g/mol. The minimum Gasteiger partial charge on any atom is -0.507 e. The van der Waals surface area contributed by atoms with Crippen LogP contribution in [0.15, 0.2) is 42.9 Å². The fourth-order valence-corrected chi connectivity index (χ4v) is 4.64. The number of phenolic OH excluding ortho intramolecular Hbond substituents is 1. The summed E-state index contributed by atoms with van der Waals surface area (Å²) in [7, 11) is 3.73. The van der Waals surface area contributed by atoms with Crippen molar-refractivity contribution in [1.82, 2.24) is 25.1 Å². The predicted molar refractivity (Wildman–Crippen MR) is 113 cm³/mol. The van der Waals surface area contributed by atoms with E-state index in [1.807, 2.05) is 43.4 Å². The van der Waals surface area contributed by atoms with Crippen molar-refractivity contribution in [1.29, 1.82) is 0 Å². The summed E-state index contributed by atoms with van der Waals surface area (Å²) in [6, 6.07) is 7.41. The maximum absolute atomic E-state index is 14.9. The number of rotatable bonds is 4. The number of hydrogen-bond acceptors (Lipinski definition) is 6. The largest absolute Gasteiger partial charge is 0.507 e. The Morgan fingerprint density at radius 3 is 2.73 bits per heavy atom. The Morgan fingerprint density at radius 1 is 1.17 bits per heavy atom. The van der Waals surface area contributed by atoms with Crippen LogP contribution in [-0.2, 0) is 7.05 Å². The van der Waals surface area contributed by atoms with E-state index in [4.69, 9.17) is 0 Å². The molecule has 2 aliphatic heterocycles. The van der Waals surface area contributed by atoms with Crippen LogP contribution in [0.25, 0.3) is 22.5 Å². The van der Waals surface area contributed by atoms with Gasteiger partial charge < -0.3 is 15.3 Å². The molecule has 2 bridgehead atoms. The number of aromatic hydroxyl groups is 1. The lowest BCUT2D eigenvalue weighted by molar-refractivity contribution is 0.176. The van der Waals surface area contributed by atoms with E-state index < -0.39 is 6.17 Å². The van der Waals surface area contributed by atoms with Gasteiger partial charge in [0.25, 0.3) is 0 Å². The molecule has 2 aromatic heterocycles. The molecule has 7 nitrogen and oxygen atoms in total. The smallest absolute Gasteiger partial charge is 0.147 e. The molecular weight excluding hydrogens is 383 g/mol. The highest BCUT2D eigenvalue weighted by Crippen LogP contribution is 2.34. The molecule has 0 radical (unpaired) electrons. The van der Waals surface area contributed by atoms with Gasteiger partial charge in [-0.25, -0.2) is 9.37 Å². The van der Waals surface area contributed by atoms with Gasteiger partial charge >= 0.3 is 0 Å². The van der Waals surface area contributed by atoms with Gasteiger partial charge in [-0.1, -0.05) is 6.07 Å². The molecule has 156 valence electrons. The van der Waals surface area contributed by atoms with Crippen LogP contribution in [0.4, 0.5) is 10.2 Å². The molecule has 0 amide bonds. The highest BCUT2D eigenvalue weighted by molar-refractivity contribution is 5.72. The van der Waals surface area contributed by atoms with Gasteiger partial charge in [0, 0.05) is 43.5 Å². The molecule has 2 N–H and O–H groups in total. The number of aryl methyl sites for hydroxylation is 1. The van der Waals surface area contributed by atoms with Crippen molar-refractivity contribution in [2.45, 2.75) is 43.6 Å². The van der Waals surface area contributed by atoms with E-state index in [1.165, 1.54) is 0 Å². The van der Waals surface area contributed by atoms with E-state index in [1.54, 1.807) is 23.1 Å². The lowest BCUT2D eigenvalue weighted by atomic mass is 9.96. The third-order valence-corrected chi connectivity index (χ3v) is 6.33. The highest BCUT2D eigenvalue weighted by atomic mass is 19.1. The van der Waals surface area contributed by atoms with E-state index in [2.05, 4.69) is 20.4 Å². The van der Waals surface area contributed by atoms with Crippen LogP contribution in [0.1, 0.15) is 19.3 Å². The lowest BCUT2D eigenvalue weighted by Gasteiger charge is -2.38. The number of nitrogens with one attached hydrogen (secondary N) is 1. The quantitative estimate of drug-likeness (QED) is 0.691. The van der Waals surface area contributed by atoms with E-state index in [-0.39, 0.29) is 17.8 Å². The van der Waals surface area contributed by atoms with Gasteiger partial charge in [0.1, 0.15) is 17.7 Å². The minimum atomic E-state index is -0.918. The highest BCUT2D eigenvalue weighted by Gasteiger charge is 2.43. The van der Waals surface area contributed by atoms with Gasteiger partial charge in [-0.3, -0.25) is 9.67 Å². The van der Waals surface area contributed by atoms with Crippen LogP contribution in [-0.4, -0.2) is 56.2 Å². The summed E-state index contributed by atoms with van der Waals surface area (Å²) in [5, 5.41) is 18.2. The molecule has 5 rings (SSSR count). The van der Waals surface area contributed by atoms with Crippen molar-refractivity contribution < 1.29 is 9.50 Å². The summed E-state index contributed by atoms with van der Waals surface area (Å²) in [5.74, 6) is 0.754. The fourth-order valence-electron chi connectivity index (χ4n) is 4.64. The molecule has 4 heterocycles. The fraction of sp³-hybridized carbons (Fsp3) is 0.409. The summed E-state index contributed by atoms with van der Waals surface area (Å²) < 4.78 is 16.6. The number of anilines is 1. The zero-order valence-electron chi connectivity index (χ0n) is 17.0. The maximum atomic E-state index is 14.9. The second kappa shape index (κ2) is 7.36. The van der Waals surface area contributed by atoms with Crippen molar-refractivity contribution in [2.24, 2.45) is 7.05 Å². The summed E-state index contributed by atoms with van der Waals surface area (Å²) in [5.41, 5.74) is 2.79.